The number of nitriles is 3. The Balaban J connectivity index is 1.59. The number of carbonyl (C=O) groups excluding carboxylic acids is 1. The molecule has 0 radical (unpaired) electrons. The van der Waals surface area contributed by atoms with E-state index < -0.39 is 5.91 Å². The molecule has 0 spiro atoms. The van der Waals surface area contributed by atoms with Gasteiger partial charge in [-0.05, 0) is 61.6 Å². The average molecular weight is 543 g/mol. The quantitative estimate of drug-likeness (QED) is 0.292. The van der Waals surface area contributed by atoms with Crippen molar-refractivity contribution in [3.8, 4) is 24.0 Å². The van der Waals surface area contributed by atoms with Crippen molar-refractivity contribution in [3.05, 3.63) is 85.2 Å². The van der Waals surface area contributed by atoms with Crippen LogP contribution in [0.25, 0.3) is 6.08 Å². The molecular weight excluding hydrogens is 524 g/mol. The lowest BCUT2D eigenvalue weighted by Gasteiger charge is -2.11. The Labute approximate surface area is 215 Å². The summed E-state index contributed by atoms with van der Waals surface area (Å²) in [5.41, 5.74) is 3.19. The van der Waals surface area contributed by atoms with Gasteiger partial charge in [0.15, 0.2) is 0 Å². The average Bonchev–Trinajstić information content (AvgIpc) is 3.23. The fourth-order valence-corrected chi connectivity index (χ4v) is 5.53. The zero-order chi connectivity index (χ0) is 24.8. The number of fused-ring (bicyclic) bond motifs is 1. The molecule has 1 aliphatic carbocycles. The zero-order valence-electron chi connectivity index (χ0n) is 18.6. The Morgan fingerprint density at radius 2 is 1.91 bits per heavy atom. The summed E-state index contributed by atoms with van der Waals surface area (Å²) in [5.74, 6) is -0.117. The Hall–Kier alpha value is -3.90. The van der Waals surface area contributed by atoms with Crippen molar-refractivity contribution in [2.75, 3.05) is 5.32 Å². The lowest BCUT2D eigenvalue weighted by molar-refractivity contribution is -0.112. The van der Waals surface area contributed by atoms with E-state index in [1.54, 1.807) is 30.3 Å². The third-order valence-electron chi connectivity index (χ3n) is 5.67. The van der Waals surface area contributed by atoms with Gasteiger partial charge in [-0.1, -0.05) is 34.1 Å². The van der Waals surface area contributed by atoms with E-state index in [4.69, 9.17) is 4.74 Å². The van der Waals surface area contributed by atoms with Gasteiger partial charge in [0, 0.05) is 20.5 Å². The second-order valence-electron chi connectivity index (χ2n) is 7.89. The van der Waals surface area contributed by atoms with Crippen LogP contribution in [-0.2, 0) is 24.2 Å². The number of benzene rings is 2. The first kappa shape index (κ1) is 24.2. The Kier molecular flexibility index (Phi) is 7.63. The van der Waals surface area contributed by atoms with E-state index in [0.29, 0.717) is 27.4 Å². The van der Waals surface area contributed by atoms with E-state index in [-0.39, 0.29) is 12.2 Å². The highest BCUT2D eigenvalue weighted by Crippen LogP contribution is 2.38. The maximum atomic E-state index is 13.0. The van der Waals surface area contributed by atoms with Gasteiger partial charge in [-0.15, -0.1) is 11.3 Å². The van der Waals surface area contributed by atoms with E-state index in [9.17, 15) is 20.6 Å². The summed E-state index contributed by atoms with van der Waals surface area (Å²) in [5, 5.41) is 32.0. The molecule has 35 heavy (non-hydrogen) atoms. The van der Waals surface area contributed by atoms with E-state index >= 15 is 0 Å². The van der Waals surface area contributed by atoms with Gasteiger partial charge in [-0.2, -0.15) is 15.8 Å². The van der Waals surface area contributed by atoms with Crippen LogP contribution in [0.15, 0.2) is 52.5 Å². The molecule has 172 valence electrons. The van der Waals surface area contributed by atoms with E-state index in [0.717, 1.165) is 46.2 Å². The third kappa shape index (κ3) is 5.44. The smallest absolute Gasteiger partial charge is 0.266 e. The second-order valence-corrected chi connectivity index (χ2v) is 9.91. The minimum absolute atomic E-state index is 0.111. The van der Waals surface area contributed by atoms with E-state index in [2.05, 4.69) is 33.4 Å². The van der Waals surface area contributed by atoms with Crippen LogP contribution < -0.4 is 10.1 Å². The number of nitrogens with one attached hydrogen (secondary N) is 1. The zero-order valence-corrected chi connectivity index (χ0v) is 21.0. The molecule has 1 aliphatic rings. The second kappa shape index (κ2) is 11.0. The number of nitrogens with zero attached hydrogens (tertiary/aromatic N) is 3. The van der Waals surface area contributed by atoms with Crippen molar-refractivity contribution in [3.63, 3.8) is 0 Å². The molecule has 1 aromatic heterocycles. The molecule has 8 heteroatoms. The number of ether oxygens (including phenoxy) is 1. The number of aryl methyl sites for hydroxylation is 1. The fraction of sp³-hybridized carbons (Fsp3) is 0.185. The molecule has 1 N–H and O–H groups in total. The normalized spacial score (nSPS) is 12.6. The fourth-order valence-electron chi connectivity index (χ4n) is 3.92. The van der Waals surface area contributed by atoms with Crippen LogP contribution >= 0.6 is 27.3 Å². The molecule has 3 aromatic rings. The maximum absolute atomic E-state index is 13.0. The van der Waals surface area contributed by atoms with Crippen LogP contribution in [0, 0.1) is 34.0 Å². The minimum Gasteiger partial charge on any atom is -0.488 e. The molecule has 0 saturated heterocycles. The van der Waals surface area contributed by atoms with Crippen LogP contribution in [0.1, 0.15) is 45.5 Å². The molecule has 4 rings (SSSR count). The number of hydrogen-bond donors (Lipinski definition) is 1. The SMILES string of the molecule is N#C/C(=C\c1cc(Br)ccc1OCc1ccccc1C#N)C(=O)Nc1sc2c(c1C#N)CCCC2. The Bertz CT molecular complexity index is 1450. The van der Waals surface area contributed by atoms with Crippen molar-refractivity contribution in [1.82, 2.24) is 0 Å². The predicted molar refractivity (Wildman–Crippen MR) is 138 cm³/mol. The van der Waals surface area contributed by atoms with Crippen molar-refractivity contribution >= 4 is 44.3 Å². The van der Waals surface area contributed by atoms with E-state index in [1.807, 2.05) is 18.2 Å². The molecule has 2 aromatic carbocycles. The number of hydrogen-bond acceptors (Lipinski definition) is 6. The van der Waals surface area contributed by atoms with Crippen LogP contribution in [-0.4, -0.2) is 5.91 Å². The summed E-state index contributed by atoms with van der Waals surface area (Å²) < 4.78 is 6.71. The van der Waals surface area contributed by atoms with Crippen LogP contribution in [0.5, 0.6) is 5.75 Å². The summed E-state index contributed by atoms with van der Waals surface area (Å²) in [4.78, 5) is 14.1. The highest BCUT2D eigenvalue weighted by atomic mass is 79.9. The van der Waals surface area contributed by atoms with Gasteiger partial charge < -0.3 is 10.1 Å². The van der Waals surface area contributed by atoms with Crippen LogP contribution in [0.3, 0.4) is 0 Å². The molecule has 0 saturated carbocycles. The summed E-state index contributed by atoms with van der Waals surface area (Å²) in [6.45, 7) is 0.159. The van der Waals surface area contributed by atoms with Crippen LogP contribution in [0.2, 0.25) is 0 Å². The van der Waals surface area contributed by atoms with Gasteiger partial charge in [0.05, 0.1) is 17.2 Å². The lowest BCUT2D eigenvalue weighted by atomic mass is 9.96. The Morgan fingerprint density at radius 3 is 2.69 bits per heavy atom. The van der Waals surface area contributed by atoms with Crippen molar-refractivity contribution < 1.29 is 9.53 Å². The number of rotatable bonds is 6. The molecule has 6 nitrogen and oxygen atoms in total. The number of halogens is 1. The summed E-state index contributed by atoms with van der Waals surface area (Å²) in [6.07, 6.45) is 5.29. The van der Waals surface area contributed by atoms with Crippen molar-refractivity contribution in [1.29, 1.82) is 15.8 Å². The van der Waals surface area contributed by atoms with Crippen molar-refractivity contribution in [2.24, 2.45) is 0 Å². The summed E-state index contributed by atoms with van der Waals surface area (Å²) >= 11 is 4.84. The molecule has 0 aliphatic heterocycles. The van der Waals surface area contributed by atoms with Crippen LogP contribution in [0.4, 0.5) is 5.00 Å². The van der Waals surface area contributed by atoms with Gasteiger partial charge in [0.2, 0.25) is 0 Å². The molecule has 0 fully saturated rings. The maximum Gasteiger partial charge on any atom is 0.266 e. The monoisotopic (exact) mass is 542 g/mol. The van der Waals surface area contributed by atoms with Gasteiger partial charge in [-0.25, -0.2) is 0 Å². The molecular formula is C27H19BrN4O2S. The molecule has 0 bridgehead atoms. The number of amides is 1. The first-order valence-corrected chi connectivity index (χ1v) is 12.5. The third-order valence-corrected chi connectivity index (χ3v) is 7.37. The largest absolute Gasteiger partial charge is 0.488 e. The van der Waals surface area contributed by atoms with Gasteiger partial charge in [0.1, 0.15) is 35.1 Å². The van der Waals surface area contributed by atoms with Crippen molar-refractivity contribution in [2.45, 2.75) is 32.3 Å². The number of thiophene rings is 1. The highest BCUT2D eigenvalue weighted by molar-refractivity contribution is 9.10. The standard InChI is InChI=1S/C27H19BrN4O2S/c28-21-9-10-24(34-16-18-6-2-1-5-17(18)13-29)19(12-21)11-20(14-30)26(33)32-27-23(15-31)22-7-3-4-8-25(22)35-27/h1-2,5-6,9-12H,3-4,7-8,16H2,(H,32,33)/b20-11+. The first-order chi connectivity index (χ1) is 17.0. The topological polar surface area (TPSA) is 110 Å². The number of carbonyl (C=O) groups is 1. The van der Waals surface area contributed by atoms with Gasteiger partial charge in [-0.3, -0.25) is 4.79 Å². The summed E-state index contributed by atoms with van der Waals surface area (Å²) in [7, 11) is 0. The summed E-state index contributed by atoms with van der Waals surface area (Å²) in [6, 6.07) is 18.8. The molecule has 1 amide bonds. The minimum atomic E-state index is -0.580. The van der Waals surface area contributed by atoms with Gasteiger partial charge in [0.25, 0.3) is 5.91 Å². The Morgan fingerprint density at radius 1 is 1.11 bits per heavy atom. The molecule has 1 heterocycles. The number of anilines is 1. The van der Waals surface area contributed by atoms with E-state index in [1.165, 1.54) is 17.4 Å². The highest BCUT2D eigenvalue weighted by Gasteiger charge is 2.23. The molecule has 0 unspecified atom stereocenters. The van der Waals surface area contributed by atoms with Gasteiger partial charge >= 0.3 is 0 Å². The first-order valence-electron chi connectivity index (χ1n) is 10.9. The molecule has 0 atom stereocenters. The lowest BCUT2D eigenvalue weighted by Crippen LogP contribution is -2.13. The predicted octanol–water partition coefficient (Wildman–Crippen LogP) is 6.26.